The van der Waals surface area contributed by atoms with E-state index in [-0.39, 0.29) is 6.10 Å². The Morgan fingerprint density at radius 3 is 2.12 bits per heavy atom. The van der Waals surface area contributed by atoms with E-state index in [9.17, 15) is 5.11 Å². The van der Waals surface area contributed by atoms with Gasteiger partial charge < -0.3 is 14.3 Å². The molecule has 0 saturated heterocycles. The fourth-order valence-corrected chi connectivity index (χ4v) is 10.1. The molecule has 1 N–H and O–H groups in total. The number of likely N-dealkylation sites (N-methyl/N-ethyl adjacent to an activating group) is 1. The molecule has 5 heteroatoms. The highest BCUT2D eigenvalue weighted by Crippen LogP contribution is 2.24. The first kappa shape index (κ1) is 24.3. The summed E-state index contributed by atoms with van der Waals surface area (Å²) in [4.78, 5) is 0. The number of nitrogens with zero attached hydrogens (tertiary/aromatic N) is 1. The highest BCUT2D eigenvalue weighted by molar-refractivity contribution is 6.82. The number of ether oxygens (including phenoxy) is 1. The second-order valence-electron chi connectivity index (χ2n) is 10.3. The topological polar surface area (TPSA) is 29.5 Å². The van der Waals surface area contributed by atoms with Crippen LogP contribution in [0.3, 0.4) is 0 Å². The van der Waals surface area contributed by atoms with Crippen molar-refractivity contribution in [1.29, 1.82) is 0 Å². The molecule has 0 rings (SSSR count). The highest BCUT2D eigenvalue weighted by Gasteiger charge is 2.24. The molecule has 1 atom stereocenters. The minimum absolute atomic E-state index is 0.339. The van der Waals surface area contributed by atoms with E-state index in [4.69, 9.17) is 4.74 Å². The maximum atomic E-state index is 10.2. The Kier molecular flexibility index (Phi) is 11.3. The lowest BCUT2D eigenvalue weighted by Gasteiger charge is -2.31. The smallest absolute Gasteiger partial charge is 0.126 e. The number of hydrogen-bond acceptors (Lipinski definition) is 2. The minimum atomic E-state index is -1.05. The molecule has 3 nitrogen and oxygen atoms in total. The van der Waals surface area contributed by atoms with Crippen molar-refractivity contribution >= 4 is 16.1 Å². The Hall–Kier alpha value is 0.314. The molecule has 0 radical (unpaired) electrons. The third-order valence-electron chi connectivity index (χ3n) is 4.83. The Balaban J connectivity index is 3.85. The number of hydrogen-bond donors (Lipinski definition) is 1. The number of aliphatic hydroxyl groups is 1. The van der Waals surface area contributed by atoms with Gasteiger partial charge in [-0.1, -0.05) is 64.2 Å². The summed E-state index contributed by atoms with van der Waals surface area (Å²) in [5.74, 6) is 0. The van der Waals surface area contributed by atoms with E-state index in [0.29, 0.717) is 6.61 Å². The first-order valence-electron chi connectivity index (χ1n) is 9.95. The highest BCUT2D eigenvalue weighted by atomic mass is 28.3. The van der Waals surface area contributed by atoms with Crippen LogP contribution in [0.15, 0.2) is 0 Å². The second kappa shape index (κ2) is 11.1. The van der Waals surface area contributed by atoms with Gasteiger partial charge in [0.15, 0.2) is 0 Å². The molecule has 0 aliphatic heterocycles. The van der Waals surface area contributed by atoms with Crippen molar-refractivity contribution in [1.82, 2.24) is 0 Å². The number of aliphatic hydroxyl groups excluding tert-OH is 1. The van der Waals surface area contributed by atoms with Crippen molar-refractivity contribution in [3.63, 3.8) is 0 Å². The van der Waals surface area contributed by atoms with Gasteiger partial charge in [0.05, 0.1) is 27.2 Å². The van der Waals surface area contributed by atoms with E-state index >= 15 is 0 Å². The summed E-state index contributed by atoms with van der Waals surface area (Å²) < 4.78 is 6.64. The van der Waals surface area contributed by atoms with Crippen LogP contribution in [0.5, 0.6) is 0 Å². The van der Waals surface area contributed by atoms with E-state index in [1.54, 1.807) is 0 Å². The Morgan fingerprint density at radius 1 is 0.958 bits per heavy atom. The summed E-state index contributed by atoms with van der Waals surface area (Å²) >= 11 is 0. The van der Waals surface area contributed by atoms with Crippen LogP contribution in [-0.2, 0) is 4.74 Å². The number of unbranched alkanes of at least 4 members (excludes halogenated alkanes) is 1. The first-order chi connectivity index (χ1) is 10.9. The molecule has 146 valence electrons. The predicted molar refractivity (Wildman–Crippen MR) is 113 cm³/mol. The zero-order valence-corrected chi connectivity index (χ0v) is 20.0. The van der Waals surface area contributed by atoms with Crippen LogP contribution in [-0.4, -0.2) is 72.2 Å². The summed E-state index contributed by atoms with van der Waals surface area (Å²) in [6, 6.07) is 4.29. The second-order valence-corrected chi connectivity index (χ2v) is 21.2. The molecule has 0 saturated carbocycles. The molecule has 0 amide bonds. The average Bonchev–Trinajstić information content (AvgIpc) is 2.41. The van der Waals surface area contributed by atoms with Crippen LogP contribution in [0.1, 0.15) is 26.2 Å². The summed E-state index contributed by atoms with van der Waals surface area (Å²) in [6.07, 6.45) is 3.25. The molecule has 0 heterocycles. The van der Waals surface area contributed by atoms with Crippen molar-refractivity contribution in [2.24, 2.45) is 0 Å². The normalized spacial score (nSPS) is 14.9. The maximum Gasteiger partial charge on any atom is 0.126 e. The average molecular weight is 377 g/mol. The van der Waals surface area contributed by atoms with Crippen LogP contribution in [0.2, 0.25) is 50.9 Å². The van der Waals surface area contributed by atoms with E-state index in [1.807, 2.05) is 0 Å². The molecule has 1 unspecified atom stereocenters. The fraction of sp³-hybridized carbons (Fsp3) is 1.00. The SMILES string of the molecule is CCCC[N+](C)(C)CC(O)COCCC[Si](C)(C)CC[Si](C)(C)C. The van der Waals surface area contributed by atoms with Crippen molar-refractivity contribution in [3.8, 4) is 0 Å². The molecule has 0 aromatic heterocycles. The molecule has 0 aliphatic rings. The van der Waals surface area contributed by atoms with Gasteiger partial charge in [-0.25, -0.2) is 0 Å². The number of rotatable bonds is 14. The lowest BCUT2D eigenvalue weighted by Crippen LogP contribution is -2.47. The molecule has 0 aromatic rings. The van der Waals surface area contributed by atoms with Crippen LogP contribution in [0, 0.1) is 0 Å². The third-order valence-corrected chi connectivity index (χ3v) is 10.4. The molecule has 0 aliphatic carbocycles. The summed E-state index contributed by atoms with van der Waals surface area (Å²) in [6.45, 7) is 17.9. The standard InChI is InChI=1S/C19H46NO2Si2/c1-9-10-12-20(2,3)17-19(21)18-22-13-11-14-24(7,8)16-15-23(4,5)6/h19,21H,9-18H2,1-8H3/q+1. The Bertz CT molecular complexity index is 328. The molecular formula is C19H46NO2Si2+. The molecule has 0 aromatic carbocycles. The molecule has 0 bridgehead atoms. The van der Waals surface area contributed by atoms with Gasteiger partial charge in [0.1, 0.15) is 12.6 Å². The van der Waals surface area contributed by atoms with Gasteiger partial charge in [-0.3, -0.25) is 0 Å². The van der Waals surface area contributed by atoms with E-state index < -0.39 is 16.1 Å². The first-order valence-corrected chi connectivity index (χ1v) is 17.1. The Morgan fingerprint density at radius 2 is 1.58 bits per heavy atom. The largest absolute Gasteiger partial charge is 0.385 e. The minimum Gasteiger partial charge on any atom is -0.385 e. The lowest BCUT2D eigenvalue weighted by atomic mass is 10.2. The van der Waals surface area contributed by atoms with Gasteiger partial charge in [-0.05, 0) is 12.8 Å². The van der Waals surface area contributed by atoms with E-state index in [1.165, 1.54) is 31.0 Å². The van der Waals surface area contributed by atoms with E-state index in [2.05, 4.69) is 53.8 Å². The van der Waals surface area contributed by atoms with Gasteiger partial charge >= 0.3 is 0 Å². The van der Waals surface area contributed by atoms with Gasteiger partial charge in [-0.2, -0.15) is 0 Å². The fourth-order valence-electron chi connectivity index (χ4n) is 3.01. The van der Waals surface area contributed by atoms with Crippen LogP contribution in [0.4, 0.5) is 0 Å². The summed E-state index contributed by atoms with van der Waals surface area (Å²) in [5.41, 5.74) is 0. The van der Waals surface area contributed by atoms with E-state index in [0.717, 1.165) is 30.6 Å². The van der Waals surface area contributed by atoms with Gasteiger partial charge in [0.2, 0.25) is 0 Å². The molecule has 24 heavy (non-hydrogen) atoms. The van der Waals surface area contributed by atoms with Crippen molar-refractivity contribution in [2.45, 2.75) is 83.2 Å². The van der Waals surface area contributed by atoms with Crippen LogP contribution in [0.25, 0.3) is 0 Å². The van der Waals surface area contributed by atoms with Gasteiger partial charge in [0, 0.05) is 22.8 Å². The van der Waals surface area contributed by atoms with Crippen LogP contribution >= 0.6 is 0 Å². The van der Waals surface area contributed by atoms with Crippen molar-refractivity contribution in [3.05, 3.63) is 0 Å². The Labute approximate surface area is 154 Å². The third kappa shape index (κ3) is 14.6. The van der Waals surface area contributed by atoms with Gasteiger partial charge in [-0.15, -0.1) is 0 Å². The number of quaternary nitrogens is 1. The van der Waals surface area contributed by atoms with Crippen LogP contribution < -0.4 is 0 Å². The van der Waals surface area contributed by atoms with Crippen molar-refractivity contribution in [2.75, 3.05) is 40.4 Å². The molecule has 0 spiro atoms. The summed E-state index contributed by atoms with van der Waals surface area (Å²) in [5, 5.41) is 10.2. The monoisotopic (exact) mass is 376 g/mol. The zero-order valence-electron chi connectivity index (χ0n) is 18.0. The molecule has 0 fully saturated rings. The summed E-state index contributed by atoms with van der Waals surface area (Å²) in [7, 11) is 2.45. The lowest BCUT2D eigenvalue weighted by molar-refractivity contribution is -0.893. The molecular weight excluding hydrogens is 330 g/mol. The quantitative estimate of drug-likeness (QED) is 0.271. The maximum absolute atomic E-state index is 10.2. The van der Waals surface area contributed by atoms with Crippen molar-refractivity contribution < 1.29 is 14.3 Å². The zero-order chi connectivity index (χ0) is 18.9. The predicted octanol–water partition coefficient (Wildman–Crippen LogP) is 4.68. The van der Waals surface area contributed by atoms with Gasteiger partial charge in [0.25, 0.3) is 0 Å².